The number of amides is 1. The van der Waals surface area contributed by atoms with Gasteiger partial charge in [-0.15, -0.1) is 16.4 Å². The summed E-state index contributed by atoms with van der Waals surface area (Å²) in [6.07, 6.45) is 1.95. The number of fused-ring (bicyclic) bond motifs is 2. The van der Waals surface area contributed by atoms with Gasteiger partial charge in [0, 0.05) is 37.9 Å². The number of nitrogens with one attached hydrogen (secondary N) is 2. The third-order valence-electron chi connectivity index (χ3n) is 5.47. The summed E-state index contributed by atoms with van der Waals surface area (Å²) in [6, 6.07) is 4.11. The Balaban J connectivity index is 1.60. The number of aromatic nitrogens is 5. The van der Waals surface area contributed by atoms with Crippen molar-refractivity contribution in [2.24, 2.45) is 0 Å². The maximum absolute atomic E-state index is 12.9. The lowest BCUT2D eigenvalue weighted by Crippen LogP contribution is -2.46. The van der Waals surface area contributed by atoms with Crippen LogP contribution in [0.15, 0.2) is 18.3 Å². The number of rotatable bonds is 3. The summed E-state index contributed by atoms with van der Waals surface area (Å²) in [4.78, 5) is 19.2. The van der Waals surface area contributed by atoms with Gasteiger partial charge in [-0.25, -0.2) is 0 Å². The van der Waals surface area contributed by atoms with Crippen LogP contribution < -0.4 is 5.32 Å². The normalized spacial score (nSPS) is 15.1. The van der Waals surface area contributed by atoms with E-state index in [1.807, 2.05) is 24.1 Å². The first-order valence-electron chi connectivity index (χ1n) is 9.87. The monoisotopic (exact) mass is 409 g/mol. The number of aromatic amines is 1. The number of pyridine rings is 1. The zero-order valence-corrected chi connectivity index (χ0v) is 17.5. The Hall–Kier alpha value is -2.78. The average Bonchev–Trinajstić information content (AvgIpc) is 3.41. The average molecular weight is 410 g/mol. The molecule has 4 aromatic rings. The molecule has 1 amide bonds. The molecule has 8 nitrogen and oxygen atoms in total. The zero-order chi connectivity index (χ0) is 20.1. The number of piperazine rings is 1. The van der Waals surface area contributed by atoms with Gasteiger partial charge >= 0.3 is 0 Å². The fourth-order valence-electron chi connectivity index (χ4n) is 4.05. The molecule has 4 aromatic heterocycles. The van der Waals surface area contributed by atoms with Gasteiger partial charge in [-0.1, -0.05) is 13.8 Å². The van der Waals surface area contributed by atoms with Gasteiger partial charge in [0.1, 0.15) is 0 Å². The van der Waals surface area contributed by atoms with E-state index in [-0.39, 0.29) is 5.91 Å². The third-order valence-corrected chi connectivity index (χ3v) is 6.62. The van der Waals surface area contributed by atoms with Gasteiger partial charge in [-0.3, -0.25) is 4.79 Å². The predicted molar refractivity (Wildman–Crippen MR) is 114 cm³/mol. The van der Waals surface area contributed by atoms with Gasteiger partial charge in [-0.05, 0) is 46.5 Å². The molecule has 0 unspecified atom stereocenters. The number of carbonyl (C=O) groups is 1. The number of H-pyrrole nitrogens is 1. The number of hydrogen-bond acceptors (Lipinski definition) is 6. The van der Waals surface area contributed by atoms with Crippen LogP contribution in [0.25, 0.3) is 27.1 Å². The highest BCUT2D eigenvalue weighted by molar-refractivity contribution is 7.21. The Kier molecular flexibility index (Phi) is 4.36. The molecule has 1 aliphatic rings. The molecule has 9 heteroatoms. The first kappa shape index (κ1) is 18.3. The molecule has 0 aliphatic carbocycles. The number of nitrogens with zero attached hydrogens (tertiary/aromatic N) is 5. The van der Waals surface area contributed by atoms with E-state index in [1.165, 1.54) is 5.56 Å². The highest BCUT2D eigenvalue weighted by Crippen LogP contribution is 2.40. The van der Waals surface area contributed by atoms with E-state index >= 15 is 0 Å². The minimum atomic E-state index is 0.128. The van der Waals surface area contributed by atoms with E-state index in [0.29, 0.717) is 5.92 Å². The predicted octanol–water partition coefficient (Wildman–Crippen LogP) is 2.81. The summed E-state index contributed by atoms with van der Waals surface area (Å²) in [5.41, 5.74) is 6.15. The van der Waals surface area contributed by atoms with Crippen molar-refractivity contribution >= 4 is 33.1 Å². The molecule has 150 valence electrons. The molecule has 0 aromatic carbocycles. The minimum absolute atomic E-state index is 0.128. The zero-order valence-electron chi connectivity index (χ0n) is 16.7. The maximum atomic E-state index is 12.9. The van der Waals surface area contributed by atoms with Crippen LogP contribution in [-0.4, -0.2) is 62.0 Å². The molecule has 1 fully saturated rings. The van der Waals surface area contributed by atoms with Crippen molar-refractivity contribution in [1.29, 1.82) is 0 Å². The highest BCUT2D eigenvalue weighted by atomic mass is 32.1. The molecule has 0 saturated carbocycles. The summed E-state index contributed by atoms with van der Waals surface area (Å²) in [6.45, 7) is 9.62. The molecule has 1 saturated heterocycles. The van der Waals surface area contributed by atoms with Crippen molar-refractivity contribution in [2.75, 3.05) is 26.2 Å². The number of aryl methyl sites for hydroxylation is 1. The summed E-state index contributed by atoms with van der Waals surface area (Å²) in [5.74, 6) is 0.438. The maximum Gasteiger partial charge on any atom is 0.264 e. The molecule has 0 spiro atoms. The first-order chi connectivity index (χ1) is 14.0. The Morgan fingerprint density at radius 2 is 2.03 bits per heavy atom. The van der Waals surface area contributed by atoms with Crippen LogP contribution in [-0.2, 0) is 0 Å². The van der Waals surface area contributed by atoms with Gasteiger partial charge in [0.15, 0.2) is 5.65 Å². The smallest absolute Gasteiger partial charge is 0.264 e. The molecule has 5 rings (SSSR count). The minimum Gasteiger partial charge on any atom is -0.354 e. The number of carbonyl (C=O) groups excluding carboxylic acids is 1. The standard InChI is InChI=1S/C20H23N7OS/c1-11(2)16-17(13-8-12(3)19-23-24-25-27(19)10-13)22-14-9-15(29-18(14)16)20(28)26-6-4-21-5-7-26/h8-11,21-22H,4-7H2,1-3H3. The van der Waals surface area contributed by atoms with Crippen LogP contribution >= 0.6 is 11.3 Å². The second-order valence-electron chi connectivity index (χ2n) is 7.82. The Morgan fingerprint density at radius 1 is 1.24 bits per heavy atom. The number of thiophene rings is 1. The fraction of sp³-hybridized carbons (Fsp3) is 0.400. The summed E-state index contributed by atoms with van der Waals surface area (Å²) >= 11 is 1.59. The Morgan fingerprint density at radius 3 is 2.79 bits per heavy atom. The van der Waals surface area contributed by atoms with Crippen molar-refractivity contribution in [2.45, 2.75) is 26.7 Å². The second-order valence-corrected chi connectivity index (χ2v) is 8.88. The second kappa shape index (κ2) is 6.93. The van der Waals surface area contributed by atoms with Gasteiger partial charge in [0.05, 0.1) is 20.8 Å². The first-order valence-corrected chi connectivity index (χ1v) is 10.7. The molecule has 2 N–H and O–H groups in total. The van der Waals surface area contributed by atoms with Crippen LogP contribution in [0.1, 0.15) is 40.6 Å². The topological polar surface area (TPSA) is 91.2 Å². The van der Waals surface area contributed by atoms with Gasteiger partial charge < -0.3 is 15.2 Å². The highest BCUT2D eigenvalue weighted by Gasteiger charge is 2.24. The van der Waals surface area contributed by atoms with E-state index in [4.69, 9.17) is 0 Å². The van der Waals surface area contributed by atoms with Crippen LogP contribution in [0.5, 0.6) is 0 Å². The van der Waals surface area contributed by atoms with Gasteiger partial charge in [0.2, 0.25) is 0 Å². The van der Waals surface area contributed by atoms with E-state index in [9.17, 15) is 4.79 Å². The molecule has 0 bridgehead atoms. The van der Waals surface area contributed by atoms with Gasteiger partial charge in [-0.2, -0.15) is 4.52 Å². The lowest BCUT2D eigenvalue weighted by molar-refractivity contribution is 0.0741. The van der Waals surface area contributed by atoms with Crippen LogP contribution in [0.2, 0.25) is 0 Å². The van der Waals surface area contributed by atoms with Crippen LogP contribution in [0.4, 0.5) is 0 Å². The Bertz CT molecular complexity index is 1210. The van der Waals surface area contributed by atoms with Crippen molar-refractivity contribution < 1.29 is 4.79 Å². The molecular formula is C20H23N7OS. The molecule has 5 heterocycles. The van der Waals surface area contributed by atoms with Crippen molar-refractivity contribution in [3.63, 3.8) is 0 Å². The van der Waals surface area contributed by atoms with Gasteiger partial charge in [0.25, 0.3) is 5.91 Å². The summed E-state index contributed by atoms with van der Waals surface area (Å²) in [5, 5.41) is 15.2. The SMILES string of the molecule is Cc1cc(-c2[nH]c3cc(C(=O)N4CCNCC4)sc3c2C(C)C)cn2nnnc12. The van der Waals surface area contributed by atoms with Crippen LogP contribution in [0, 0.1) is 6.92 Å². The molecule has 29 heavy (non-hydrogen) atoms. The van der Waals surface area contributed by atoms with Crippen LogP contribution in [0.3, 0.4) is 0 Å². The Labute approximate surface area is 171 Å². The van der Waals surface area contributed by atoms with E-state index in [0.717, 1.165) is 63.7 Å². The third kappa shape index (κ3) is 3.01. The molecule has 1 aliphatic heterocycles. The van der Waals surface area contributed by atoms with E-state index in [1.54, 1.807) is 15.9 Å². The quantitative estimate of drug-likeness (QED) is 0.543. The van der Waals surface area contributed by atoms with Crippen molar-refractivity contribution in [3.05, 3.63) is 34.3 Å². The molecule has 0 atom stereocenters. The van der Waals surface area contributed by atoms with Crippen molar-refractivity contribution in [3.8, 4) is 11.3 Å². The summed E-state index contributed by atoms with van der Waals surface area (Å²) < 4.78 is 2.87. The lowest BCUT2D eigenvalue weighted by Gasteiger charge is -2.26. The van der Waals surface area contributed by atoms with Crippen molar-refractivity contribution in [1.82, 2.24) is 35.2 Å². The lowest BCUT2D eigenvalue weighted by atomic mass is 9.99. The largest absolute Gasteiger partial charge is 0.354 e. The molecular weight excluding hydrogens is 386 g/mol. The van der Waals surface area contributed by atoms with E-state index in [2.05, 4.69) is 45.7 Å². The van der Waals surface area contributed by atoms with E-state index < -0.39 is 0 Å². The fourth-order valence-corrected chi connectivity index (χ4v) is 5.33. The number of hydrogen-bond donors (Lipinski definition) is 2. The number of tetrazole rings is 1. The molecule has 0 radical (unpaired) electrons. The summed E-state index contributed by atoms with van der Waals surface area (Å²) in [7, 11) is 0.